The third-order valence-electron chi connectivity index (χ3n) is 3.04. The van der Waals surface area contributed by atoms with Gasteiger partial charge in [0.25, 0.3) is 11.8 Å². The molecule has 2 aromatic rings. The molecule has 0 atom stereocenters. The number of carbonyl (C=O) groups excluding carboxylic acids is 2. The van der Waals surface area contributed by atoms with Gasteiger partial charge in [0.15, 0.2) is 0 Å². The highest BCUT2D eigenvalue weighted by molar-refractivity contribution is 6.39. The van der Waals surface area contributed by atoms with Gasteiger partial charge in [-0.1, -0.05) is 23.7 Å². The van der Waals surface area contributed by atoms with Crippen LogP contribution in [-0.4, -0.2) is 11.8 Å². The van der Waals surface area contributed by atoms with Crippen molar-refractivity contribution in [3.63, 3.8) is 0 Å². The molecule has 0 aromatic heterocycles. The van der Waals surface area contributed by atoms with E-state index in [0.717, 1.165) is 12.1 Å². The van der Waals surface area contributed by atoms with E-state index in [9.17, 15) is 18.4 Å². The molecule has 6 heteroatoms. The molecule has 1 heterocycles. The molecule has 2 aromatic carbocycles. The summed E-state index contributed by atoms with van der Waals surface area (Å²) in [5.74, 6) is -3.29. The Balaban J connectivity index is 2.22. The van der Waals surface area contributed by atoms with Gasteiger partial charge in [0.1, 0.15) is 22.3 Å². The largest absolute Gasteiger partial charge is 0.268 e. The van der Waals surface area contributed by atoms with E-state index < -0.39 is 34.2 Å². The normalized spacial score (nSPS) is 13.8. The minimum Gasteiger partial charge on any atom is -0.268 e. The maximum atomic E-state index is 13.9. The minimum absolute atomic E-state index is 0.136. The second-order valence-electron chi connectivity index (χ2n) is 4.18. The number of rotatable bonds is 1. The summed E-state index contributed by atoms with van der Waals surface area (Å²) in [5, 5.41) is -0.598. The van der Waals surface area contributed by atoms with Crippen LogP contribution in [-0.2, 0) is 0 Å². The van der Waals surface area contributed by atoms with Crippen molar-refractivity contribution in [3.05, 3.63) is 64.2 Å². The molecule has 0 saturated heterocycles. The van der Waals surface area contributed by atoms with Crippen LogP contribution in [0.3, 0.4) is 0 Å². The topological polar surface area (TPSA) is 37.4 Å². The van der Waals surface area contributed by atoms with Crippen LogP contribution in [0, 0.1) is 11.6 Å². The molecule has 0 N–H and O–H groups in total. The van der Waals surface area contributed by atoms with Gasteiger partial charge in [-0.2, -0.15) is 0 Å². The average molecular weight is 294 g/mol. The van der Waals surface area contributed by atoms with Crippen LogP contribution in [0.4, 0.5) is 14.5 Å². The fourth-order valence-corrected chi connectivity index (χ4v) is 2.35. The third kappa shape index (κ3) is 1.63. The van der Waals surface area contributed by atoms with Crippen LogP contribution in [0.15, 0.2) is 36.4 Å². The molecular weight excluding hydrogens is 288 g/mol. The van der Waals surface area contributed by atoms with E-state index in [1.165, 1.54) is 12.1 Å². The lowest BCUT2D eigenvalue weighted by Gasteiger charge is -2.16. The van der Waals surface area contributed by atoms with E-state index in [1.54, 1.807) is 12.1 Å². The Morgan fingerprint density at radius 2 is 1.35 bits per heavy atom. The van der Waals surface area contributed by atoms with Crippen molar-refractivity contribution in [1.82, 2.24) is 0 Å². The maximum Gasteiger partial charge on any atom is 0.266 e. The third-order valence-corrected chi connectivity index (χ3v) is 3.40. The fraction of sp³-hybridized carbons (Fsp3) is 0. The predicted molar refractivity (Wildman–Crippen MR) is 69.0 cm³/mol. The zero-order valence-corrected chi connectivity index (χ0v) is 10.6. The highest BCUT2D eigenvalue weighted by atomic mass is 35.5. The first-order chi connectivity index (χ1) is 9.52. The van der Waals surface area contributed by atoms with Crippen molar-refractivity contribution < 1.29 is 18.4 Å². The van der Waals surface area contributed by atoms with E-state index in [2.05, 4.69) is 0 Å². The highest BCUT2D eigenvalue weighted by Crippen LogP contribution is 2.36. The summed E-state index contributed by atoms with van der Waals surface area (Å²) in [6.45, 7) is 0. The van der Waals surface area contributed by atoms with Gasteiger partial charge in [-0.05, 0) is 24.3 Å². The van der Waals surface area contributed by atoms with Crippen molar-refractivity contribution in [1.29, 1.82) is 0 Å². The summed E-state index contributed by atoms with van der Waals surface area (Å²) in [5.41, 5.74) is -0.285. The van der Waals surface area contributed by atoms with E-state index in [4.69, 9.17) is 11.6 Å². The molecule has 0 spiro atoms. The van der Waals surface area contributed by atoms with Gasteiger partial charge in [0, 0.05) is 0 Å². The molecule has 2 amide bonds. The lowest BCUT2D eigenvalue weighted by atomic mass is 10.1. The van der Waals surface area contributed by atoms with E-state index >= 15 is 0 Å². The van der Waals surface area contributed by atoms with Crippen molar-refractivity contribution in [2.75, 3.05) is 4.90 Å². The molecule has 0 fully saturated rings. The predicted octanol–water partition coefficient (Wildman–Crippen LogP) is 3.42. The summed E-state index contributed by atoms with van der Waals surface area (Å²) in [6.07, 6.45) is 0. The molecule has 3 nitrogen and oxygen atoms in total. The molecule has 0 radical (unpaired) electrons. The van der Waals surface area contributed by atoms with Gasteiger partial charge in [0.2, 0.25) is 0 Å². The molecule has 0 unspecified atom stereocenters. The number of carbonyl (C=O) groups is 2. The maximum absolute atomic E-state index is 13.9. The number of halogens is 3. The summed E-state index contributed by atoms with van der Waals surface area (Å²) < 4.78 is 27.3. The lowest BCUT2D eigenvalue weighted by Crippen LogP contribution is -2.30. The SMILES string of the molecule is O=C1c2ccccc2C(=O)N1c1c(F)ccc(F)c1Cl. The van der Waals surface area contributed by atoms with Crippen molar-refractivity contribution in [2.24, 2.45) is 0 Å². The number of benzene rings is 2. The van der Waals surface area contributed by atoms with Gasteiger partial charge in [-0.3, -0.25) is 9.59 Å². The molecule has 0 saturated carbocycles. The van der Waals surface area contributed by atoms with Crippen LogP contribution >= 0.6 is 11.6 Å². The van der Waals surface area contributed by atoms with E-state index in [0.29, 0.717) is 4.90 Å². The molecular formula is C14H6ClF2NO2. The second-order valence-corrected chi connectivity index (χ2v) is 4.56. The van der Waals surface area contributed by atoms with Gasteiger partial charge in [-0.25, -0.2) is 13.7 Å². The Morgan fingerprint density at radius 1 is 0.850 bits per heavy atom. The van der Waals surface area contributed by atoms with Crippen molar-refractivity contribution in [3.8, 4) is 0 Å². The molecule has 100 valence electrons. The van der Waals surface area contributed by atoms with E-state index in [1.807, 2.05) is 0 Å². The molecule has 0 bridgehead atoms. The van der Waals surface area contributed by atoms with Crippen molar-refractivity contribution >= 4 is 29.1 Å². The molecule has 1 aliphatic heterocycles. The fourth-order valence-electron chi connectivity index (χ4n) is 2.11. The first-order valence-corrected chi connectivity index (χ1v) is 6.01. The summed E-state index contributed by atoms with van der Waals surface area (Å²) in [4.78, 5) is 24.9. The summed E-state index contributed by atoms with van der Waals surface area (Å²) in [7, 11) is 0. The number of amides is 2. The van der Waals surface area contributed by atoms with Crippen molar-refractivity contribution in [2.45, 2.75) is 0 Å². The molecule has 3 rings (SSSR count). The molecule has 1 aliphatic rings. The zero-order valence-electron chi connectivity index (χ0n) is 9.86. The number of hydrogen-bond acceptors (Lipinski definition) is 2. The molecule has 0 aliphatic carbocycles. The van der Waals surface area contributed by atoms with Gasteiger partial charge >= 0.3 is 0 Å². The number of imide groups is 1. The summed E-state index contributed by atoms with van der Waals surface area (Å²) in [6, 6.07) is 7.70. The highest BCUT2D eigenvalue weighted by Gasteiger charge is 2.39. The van der Waals surface area contributed by atoms with Crippen LogP contribution in [0.25, 0.3) is 0 Å². The van der Waals surface area contributed by atoms with E-state index in [-0.39, 0.29) is 11.1 Å². The Kier molecular flexibility index (Phi) is 2.79. The Labute approximate surface area is 117 Å². The van der Waals surface area contributed by atoms with Crippen LogP contribution in [0.2, 0.25) is 5.02 Å². The Morgan fingerprint density at radius 3 is 1.90 bits per heavy atom. The van der Waals surface area contributed by atoms with Gasteiger partial charge in [0.05, 0.1) is 11.1 Å². The Bertz CT molecular complexity index is 726. The number of hydrogen-bond donors (Lipinski definition) is 0. The van der Waals surface area contributed by atoms with Crippen LogP contribution < -0.4 is 4.90 Å². The average Bonchev–Trinajstić information content (AvgIpc) is 2.69. The summed E-state index contributed by atoms with van der Waals surface area (Å²) >= 11 is 5.69. The Hall–Kier alpha value is -2.27. The molecule has 20 heavy (non-hydrogen) atoms. The standard InChI is InChI=1S/C14H6ClF2NO2/c15-11-9(16)5-6-10(17)12(11)18-13(19)7-3-1-2-4-8(7)14(18)20/h1-6H. The number of anilines is 1. The smallest absolute Gasteiger partial charge is 0.266 e. The minimum atomic E-state index is -0.939. The zero-order chi connectivity index (χ0) is 14.4. The van der Waals surface area contributed by atoms with Crippen LogP contribution in [0.1, 0.15) is 20.7 Å². The number of nitrogens with zero attached hydrogens (tertiary/aromatic N) is 1. The number of fused-ring (bicyclic) bond motifs is 1. The van der Waals surface area contributed by atoms with Gasteiger partial charge in [-0.15, -0.1) is 0 Å². The first-order valence-electron chi connectivity index (χ1n) is 5.63. The second kappa shape index (κ2) is 4.38. The first kappa shape index (κ1) is 12.7. The monoisotopic (exact) mass is 293 g/mol. The quantitative estimate of drug-likeness (QED) is 0.597. The van der Waals surface area contributed by atoms with Gasteiger partial charge < -0.3 is 0 Å². The lowest BCUT2D eigenvalue weighted by molar-refractivity contribution is 0.0925. The van der Waals surface area contributed by atoms with Crippen LogP contribution in [0.5, 0.6) is 0 Å².